The van der Waals surface area contributed by atoms with Gasteiger partial charge in [-0.15, -0.1) is 24.0 Å². The molecular formula is C19H31IN4O2. The molecule has 1 unspecified atom stereocenters. The number of halogens is 1. The van der Waals surface area contributed by atoms with Crippen LogP contribution in [-0.2, 0) is 9.53 Å². The molecule has 146 valence electrons. The molecule has 6 nitrogen and oxygen atoms in total. The highest BCUT2D eigenvalue weighted by molar-refractivity contribution is 14.0. The quantitative estimate of drug-likeness (QED) is 0.362. The van der Waals surface area contributed by atoms with E-state index in [0.717, 1.165) is 31.0 Å². The minimum atomic E-state index is -0.267. The average Bonchev–Trinajstić information content (AvgIpc) is 2.67. The van der Waals surface area contributed by atoms with Crippen LogP contribution in [-0.4, -0.2) is 62.7 Å². The van der Waals surface area contributed by atoms with E-state index in [2.05, 4.69) is 22.5 Å². The highest BCUT2D eigenvalue weighted by Gasteiger charge is 2.27. The summed E-state index contributed by atoms with van der Waals surface area (Å²) in [4.78, 5) is 19.6. The Morgan fingerprint density at radius 1 is 1.19 bits per heavy atom. The normalized spacial score (nSPS) is 15.8. The van der Waals surface area contributed by atoms with Gasteiger partial charge in [0.2, 0.25) is 5.91 Å². The van der Waals surface area contributed by atoms with Crippen molar-refractivity contribution in [1.82, 2.24) is 15.5 Å². The van der Waals surface area contributed by atoms with Crippen molar-refractivity contribution in [3.05, 3.63) is 35.9 Å². The van der Waals surface area contributed by atoms with E-state index in [0.29, 0.717) is 32.8 Å². The predicted molar refractivity (Wildman–Crippen MR) is 116 cm³/mol. The number of benzene rings is 1. The summed E-state index contributed by atoms with van der Waals surface area (Å²) in [7, 11) is 0. The second kappa shape index (κ2) is 12.9. The van der Waals surface area contributed by atoms with Crippen molar-refractivity contribution < 1.29 is 9.53 Å². The van der Waals surface area contributed by atoms with Gasteiger partial charge in [0.25, 0.3) is 0 Å². The lowest BCUT2D eigenvalue weighted by atomic mass is 9.97. The number of carbonyl (C=O) groups excluding carboxylic acids is 1. The molecule has 1 aliphatic rings. The molecule has 1 amide bonds. The molecule has 2 rings (SSSR count). The number of morpholine rings is 1. The molecule has 1 aromatic carbocycles. The van der Waals surface area contributed by atoms with Crippen molar-refractivity contribution >= 4 is 35.8 Å². The molecule has 26 heavy (non-hydrogen) atoms. The zero-order valence-corrected chi connectivity index (χ0v) is 18.1. The van der Waals surface area contributed by atoms with E-state index < -0.39 is 0 Å². The summed E-state index contributed by atoms with van der Waals surface area (Å²) in [6, 6.07) is 9.92. The van der Waals surface area contributed by atoms with Gasteiger partial charge in [-0.3, -0.25) is 9.79 Å². The van der Waals surface area contributed by atoms with Gasteiger partial charge in [0.15, 0.2) is 5.96 Å². The molecule has 1 aromatic rings. The van der Waals surface area contributed by atoms with Gasteiger partial charge in [-0.2, -0.15) is 0 Å². The molecule has 0 aromatic heterocycles. The van der Waals surface area contributed by atoms with Gasteiger partial charge in [-0.05, 0) is 18.9 Å². The molecule has 1 fully saturated rings. The summed E-state index contributed by atoms with van der Waals surface area (Å²) >= 11 is 0. The minimum absolute atomic E-state index is 0. The third-order valence-corrected chi connectivity index (χ3v) is 4.14. The number of nitrogens with zero attached hydrogens (tertiary/aromatic N) is 2. The van der Waals surface area contributed by atoms with Crippen molar-refractivity contribution in [2.45, 2.75) is 26.2 Å². The molecule has 1 atom stereocenters. The monoisotopic (exact) mass is 474 g/mol. The first-order valence-electron chi connectivity index (χ1n) is 9.19. The van der Waals surface area contributed by atoms with Gasteiger partial charge in [0, 0.05) is 26.2 Å². The maximum absolute atomic E-state index is 13.0. The summed E-state index contributed by atoms with van der Waals surface area (Å²) in [5.41, 5.74) is 1.01. The molecule has 0 aliphatic carbocycles. The van der Waals surface area contributed by atoms with Crippen LogP contribution in [0, 0.1) is 0 Å². The van der Waals surface area contributed by atoms with E-state index in [4.69, 9.17) is 4.74 Å². The lowest BCUT2D eigenvalue weighted by molar-refractivity contribution is -0.136. The van der Waals surface area contributed by atoms with Crippen molar-refractivity contribution in [1.29, 1.82) is 0 Å². The maximum atomic E-state index is 13.0. The molecule has 1 saturated heterocycles. The van der Waals surface area contributed by atoms with Crippen LogP contribution in [0.2, 0.25) is 0 Å². The minimum Gasteiger partial charge on any atom is -0.378 e. The van der Waals surface area contributed by atoms with Crippen LogP contribution < -0.4 is 10.6 Å². The summed E-state index contributed by atoms with van der Waals surface area (Å²) in [6.45, 7) is 8.76. The predicted octanol–water partition coefficient (Wildman–Crippen LogP) is 2.21. The number of hydrogen-bond acceptors (Lipinski definition) is 3. The summed E-state index contributed by atoms with van der Waals surface area (Å²) in [6.07, 6.45) is 1.03. The third-order valence-electron chi connectivity index (χ3n) is 4.14. The van der Waals surface area contributed by atoms with Crippen LogP contribution in [0.4, 0.5) is 0 Å². The summed E-state index contributed by atoms with van der Waals surface area (Å²) < 4.78 is 5.37. The van der Waals surface area contributed by atoms with Crippen LogP contribution in [0.1, 0.15) is 31.7 Å². The average molecular weight is 474 g/mol. The zero-order chi connectivity index (χ0) is 17.9. The molecule has 2 N–H and O–H groups in total. The number of rotatable bonds is 7. The highest BCUT2D eigenvalue weighted by Crippen LogP contribution is 2.20. The van der Waals surface area contributed by atoms with Gasteiger partial charge in [0.1, 0.15) is 0 Å². The molecule has 0 saturated carbocycles. The Morgan fingerprint density at radius 2 is 1.88 bits per heavy atom. The van der Waals surface area contributed by atoms with E-state index in [1.165, 1.54) is 0 Å². The Hall–Kier alpha value is -1.35. The first kappa shape index (κ1) is 22.7. The Morgan fingerprint density at radius 3 is 2.50 bits per heavy atom. The van der Waals surface area contributed by atoms with Crippen molar-refractivity contribution in [2.24, 2.45) is 4.99 Å². The molecular weight excluding hydrogens is 443 g/mol. The van der Waals surface area contributed by atoms with Crippen molar-refractivity contribution in [3.63, 3.8) is 0 Å². The van der Waals surface area contributed by atoms with Gasteiger partial charge in [0.05, 0.1) is 25.7 Å². The fourth-order valence-corrected chi connectivity index (χ4v) is 2.78. The first-order valence-corrected chi connectivity index (χ1v) is 9.19. The standard InChI is InChI=1S/C19H30N4O2.HI/c1-3-10-21-19(20-4-2)22-15-17(16-8-6-5-7-9-16)18(24)23-11-13-25-14-12-23;/h5-9,17H,3-4,10-15H2,1-2H3,(H2,20,21,22);1H. The smallest absolute Gasteiger partial charge is 0.232 e. The molecule has 0 radical (unpaired) electrons. The number of aliphatic imine (C=N–C) groups is 1. The van der Waals surface area contributed by atoms with E-state index in [-0.39, 0.29) is 35.8 Å². The molecule has 1 heterocycles. The second-order valence-electron chi connectivity index (χ2n) is 6.05. The van der Waals surface area contributed by atoms with Crippen LogP contribution in [0.5, 0.6) is 0 Å². The summed E-state index contributed by atoms with van der Waals surface area (Å²) in [5, 5.41) is 6.53. The summed E-state index contributed by atoms with van der Waals surface area (Å²) in [5.74, 6) is 0.626. The SMILES string of the molecule is CCCNC(=NCC(C(=O)N1CCOCC1)c1ccccc1)NCC.I. The van der Waals surface area contributed by atoms with Gasteiger partial charge in [-0.1, -0.05) is 37.3 Å². The molecule has 0 spiro atoms. The number of amides is 1. The lowest BCUT2D eigenvalue weighted by Crippen LogP contribution is -2.44. The zero-order valence-electron chi connectivity index (χ0n) is 15.7. The van der Waals surface area contributed by atoms with Gasteiger partial charge < -0.3 is 20.3 Å². The van der Waals surface area contributed by atoms with Crippen molar-refractivity contribution in [2.75, 3.05) is 45.9 Å². The fourth-order valence-electron chi connectivity index (χ4n) is 2.78. The number of carbonyl (C=O) groups is 1. The van der Waals surface area contributed by atoms with E-state index in [1.54, 1.807) is 0 Å². The molecule has 0 bridgehead atoms. The molecule has 7 heteroatoms. The number of guanidine groups is 1. The third kappa shape index (κ3) is 7.11. The highest BCUT2D eigenvalue weighted by atomic mass is 127. The first-order chi connectivity index (χ1) is 12.3. The second-order valence-corrected chi connectivity index (χ2v) is 6.05. The lowest BCUT2D eigenvalue weighted by Gasteiger charge is -2.30. The van der Waals surface area contributed by atoms with Crippen LogP contribution in [0.3, 0.4) is 0 Å². The van der Waals surface area contributed by atoms with Crippen molar-refractivity contribution in [3.8, 4) is 0 Å². The largest absolute Gasteiger partial charge is 0.378 e. The number of hydrogen-bond donors (Lipinski definition) is 2. The Bertz CT molecular complexity index is 548. The Kier molecular flexibility index (Phi) is 11.3. The molecule has 1 aliphatic heterocycles. The number of ether oxygens (including phenoxy) is 1. The Balaban J connectivity index is 0.00000338. The van der Waals surface area contributed by atoms with Gasteiger partial charge >= 0.3 is 0 Å². The van der Waals surface area contributed by atoms with E-state index >= 15 is 0 Å². The van der Waals surface area contributed by atoms with E-state index in [1.807, 2.05) is 42.2 Å². The topological polar surface area (TPSA) is 66.0 Å². The van der Waals surface area contributed by atoms with Crippen LogP contribution in [0.15, 0.2) is 35.3 Å². The fraction of sp³-hybridized carbons (Fsp3) is 0.579. The van der Waals surface area contributed by atoms with Crippen LogP contribution in [0.25, 0.3) is 0 Å². The van der Waals surface area contributed by atoms with Crippen LogP contribution >= 0.6 is 24.0 Å². The van der Waals surface area contributed by atoms with E-state index in [9.17, 15) is 4.79 Å². The maximum Gasteiger partial charge on any atom is 0.232 e. The van der Waals surface area contributed by atoms with Gasteiger partial charge in [-0.25, -0.2) is 0 Å². The Labute approximate surface area is 173 Å². The number of nitrogens with one attached hydrogen (secondary N) is 2.